The molecule has 0 spiro atoms. The van der Waals surface area contributed by atoms with Gasteiger partial charge in [-0.25, -0.2) is 0 Å². The van der Waals surface area contributed by atoms with Gasteiger partial charge in [-0.1, -0.05) is 12.1 Å². The molecule has 0 radical (unpaired) electrons. The fraction of sp³-hybridized carbons (Fsp3) is 0.312. The number of aromatic nitrogens is 1. The normalized spacial score (nSPS) is 14.1. The van der Waals surface area contributed by atoms with Crippen LogP contribution in [0, 0.1) is 0 Å². The predicted molar refractivity (Wildman–Crippen MR) is 87.1 cm³/mol. The molecule has 1 aromatic carbocycles. The van der Waals surface area contributed by atoms with Gasteiger partial charge in [0, 0.05) is 36.0 Å². The zero-order valence-electron chi connectivity index (χ0n) is 12.0. The molecular formula is C16H18BrN3O. The molecule has 110 valence electrons. The van der Waals surface area contributed by atoms with E-state index in [0.29, 0.717) is 6.54 Å². The van der Waals surface area contributed by atoms with Gasteiger partial charge in [0.15, 0.2) is 0 Å². The smallest absolute Gasteiger partial charge is 0.270 e. The van der Waals surface area contributed by atoms with Gasteiger partial charge in [0.05, 0.1) is 0 Å². The van der Waals surface area contributed by atoms with Gasteiger partial charge in [0.2, 0.25) is 0 Å². The van der Waals surface area contributed by atoms with Crippen LogP contribution in [-0.4, -0.2) is 21.9 Å². The third-order valence-electron chi connectivity index (χ3n) is 4.02. The summed E-state index contributed by atoms with van der Waals surface area (Å²) in [5, 5.41) is 0. The predicted octanol–water partition coefficient (Wildman–Crippen LogP) is 3.05. The zero-order valence-corrected chi connectivity index (χ0v) is 13.6. The molecule has 1 amide bonds. The van der Waals surface area contributed by atoms with E-state index in [1.54, 1.807) is 0 Å². The van der Waals surface area contributed by atoms with Crippen molar-refractivity contribution in [2.45, 2.75) is 26.4 Å². The number of nitrogens with zero attached hydrogens (tertiary/aromatic N) is 2. The summed E-state index contributed by atoms with van der Waals surface area (Å²) in [6, 6.07) is 7.86. The lowest BCUT2D eigenvalue weighted by molar-refractivity contribution is 0.0724. The second-order valence-electron chi connectivity index (χ2n) is 5.29. The number of halogens is 1. The monoisotopic (exact) mass is 347 g/mol. The Morgan fingerprint density at radius 1 is 1.43 bits per heavy atom. The van der Waals surface area contributed by atoms with Crippen LogP contribution in [0.1, 0.15) is 28.5 Å². The minimum Gasteiger partial charge on any atom is -0.398 e. The molecule has 0 atom stereocenters. The molecular weight excluding hydrogens is 330 g/mol. The standard InChI is InChI=1S/C16H18BrN3O/c1-2-19-9-12(17)8-15(19)16(21)20-7-6-11-4-3-5-14(18)13(11)10-20/h3-5,8-9H,2,6-7,10,18H2,1H3. The molecule has 5 heteroatoms. The number of fused-ring (bicyclic) bond motifs is 1. The number of anilines is 1. The van der Waals surface area contributed by atoms with Crippen LogP contribution >= 0.6 is 15.9 Å². The van der Waals surface area contributed by atoms with Gasteiger partial charge >= 0.3 is 0 Å². The zero-order chi connectivity index (χ0) is 15.0. The van der Waals surface area contributed by atoms with Gasteiger partial charge in [-0.15, -0.1) is 0 Å². The Labute approximate surface area is 132 Å². The number of aryl methyl sites for hydroxylation is 1. The topological polar surface area (TPSA) is 51.3 Å². The van der Waals surface area contributed by atoms with Crippen molar-refractivity contribution in [1.29, 1.82) is 0 Å². The molecule has 2 aromatic rings. The SMILES string of the molecule is CCn1cc(Br)cc1C(=O)N1CCc2cccc(N)c2C1. The number of hydrogen-bond donors (Lipinski definition) is 1. The number of nitrogens with two attached hydrogens (primary N) is 1. The fourth-order valence-corrected chi connectivity index (χ4v) is 3.32. The lowest BCUT2D eigenvalue weighted by Crippen LogP contribution is -2.37. The van der Waals surface area contributed by atoms with Crippen LogP contribution < -0.4 is 5.73 Å². The highest BCUT2D eigenvalue weighted by Gasteiger charge is 2.25. The molecule has 0 fully saturated rings. The van der Waals surface area contributed by atoms with E-state index in [2.05, 4.69) is 22.0 Å². The Balaban J connectivity index is 1.89. The summed E-state index contributed by atoms with van der Waals surface area (Å²) in [6.45, 7) is 4.14. The summed E-state index contributed by atoms with van der Waals surface area (Å²) in [5.74, 6) is 0.0662. The van der Waals surface area contributed by atoms with Gasteiger partial charge < -0.3 is 15.2 Å². The average molecular weight is 348 g/mol. The molecule has 21 heavy (non-hydrogen) atoms. The number of benzene rings is 1. The highest BCUT2D eigenvalue weighted by atomic mass is 79.9. The highest BCUT2D eigenvalue weighted by Crippen LogP contribution is 2.26. The van der Waals surface area contributed by atoms with Crippen LogP contribution in [0.3, 0.4) is 0 Å². The van der Waals surface area contributed by atoms with Gasteiger partial charge in [0.25, 0.3) is 5.91 Å². The summed E-state index contributed by atoms with van der Waals surface area (Å²) in [5.41, 5.74) is 9.90. The van der Waals surface area contributed by atoms with Crippen LogP contribution in [0.4, 0.5) is 5.69 Å². The Morgan fingerprint density at radius 3 is 3.00 bits per heavy atom. The lowest BCUT2D eigenvalue weighted by Gasteiger charge is -2.30. The Hall–Kier alpha value is -1.75. The van der Waals surface area contributed by atoms with Gasteiger partial charge in [0.1, 0.15) is 5.69 Å². The first-order chi connectivity index (χ1) is 10.1. The quantitative estimate of drug-likeness (QED) is 0.848. The van der Waals surface area contributed by atoms with Crippen LogP contribution in [0.5, 0.6) is 0 Å². The third kappa shape index (κ3) is 2.58. The van der Waals surface area contributed by atoms with Crippen molar-refractivity contribution in [3.8, 4) is 0 Å². The Kier molecular flexibility index (Phi) is 3.76. The second-order valence-corrected chi connectivity index (χ2v) is 6.21. The maximum atomic E-state index is 12.8. The van der Waals surface area contributed by atoms with Gasteiger partial charge in [-0.3, -0.25) is 4.79 Å². The van der Waals surface area contributed by atoms with Crippen molar-refractivity contribution in [3.05, 3.63) is 51.8 Å². The lowest BCUT2D eigenvalue weighted by atomic mass is 9.98. The van der Waals surface area contributed by atoms with Crippen LogP contribution in [-0.2, 0) is 19.5 Å². The number of rotatable bonds is 2. The minimum absolute atomic E-state index is 0.0662. The number of carbonyl (C=O) groups excluding carboxylic acids is 1. The first-order valence-electron chi connectivity index (χ1n) is 7.11. The van der Waals surface area contributed by atoms with E-state index in [9.17, 15) is 4.79 Å². The highest BCUT2D eigenvalue weighted by molar-refractivity contribution is 9.10. The summed E-state index contributed by atoms with van der Waals surface area (Å²) in [7, 11) is 0. The fourth-order valence-electron chi connectivity index (χ4n) is 2.86. The first-order valence-corrected chi connectivity index (χ1v) is 7.90. The second kappa shape index (κ2) is 5.56. The molecule has 0 saturated carbocycles. The number of nitrogen functional groups attached to an aromatic ring is 1. The molecule has 3 rings (SSSR count). The maximum Gasteiger partial charge on any atom is 0.270 e. The van der Waals surface area contributed by atoms with Crippen molar-refractivity contribution in [2.24, 2.45) is 0 Å². The van der Waals surface area contributed by atoms with E-state index in [0.717, 1.165) is 40.9 Å². The maximum absolute atomic E-state index is 12.8. The van der Waals surface area contributed by atoms with Gasteiger partial charge in [-0.2, -0.15) is 0 Å². The average Bonchev–Trinajstić information content (AvgIpc) is 2.88. The molecule has 1 aromatic heterocycles. The Bertz CT molecular complexity index is 693. The summed E-state index contributed by atoms with van der Waals surface area (Å²) in [6.07, 6.45) is 2.81. The molecule has 2 heterocycles. The molecule has 1 aliphatic rings. The summed E-state index contributed by atoms with van der Waals surface area (Å²) in [4.78, 5) is 14.6. The third-order valence-corrected chi connectivity index (χ3v) is 4.45. The molecule has 0 unspecified atom stereocenters. The van der Waals surface area contributed by atoms with Crippen LogP contribution in [0.2, 0.25) is 0 Å². The van der Waals surface area contributed by atoms with E-state index < -0.39 is 0 Å². The van der Waals surface area contributed by atoms with E-state index >= 15 is 0 Å². The molecule has 1 aliphatic heterocycles. The van der Waals surface area contributed by atoms with Crippen molar-refractivity contribution < 1.29 is 4.79 Å². The molecule has 0 aliphatic carbocycles. The van der Waals surface area contributed by atoms with Crippen molar-refractivity contribution in [1.82, 2.24) is 9.47 Å². The van der Waals surface area contributed by atoms with Crippen molar-refractivity contribution >= 4 is 27.5 Å². The minimum atomic E-state index is 0.0662. The van der Waals surface area contributed by atoms with Crippen molar-refractivity contribution in [2.75, 3.05) is 12.3 Å². The van der Waals surface area contributed by atoms with E-state index in [-0.39, 0.29) is 5.91 Å². The molecule has 0 saturated heterocycles. The van der Waals surface area contributed by atoms with Gasteiger partial charge in [-0.05, 0) is 52.5 Å². The number of amides is 1. The van der Waals surface area contributed by atoms with Crippen molar-refractivity contribution in [3.63, 3.8) is 0 Å². The largest absolute Gasteiger partial charge is 0.398 e. The summed E-state index contributed by atoms with van der Waals surface area (Å²) < 4.78 is 2.90. The number of hydrogen-bond acceptors (Lipinski definition) is 2. The van der Waals surface area contributed by atoms with E-state index in [4.69, 9.17) is 5.73 Å². The number of carbonyl (C=O) groups is 1. The van der Waals surface area contributed by atoms with Crippen LogP contribution in [0.25, 0.3) is 0 Å². The van der Waals surface area contributed by atoms with E-state index in [1.807, 2.05) is 40.8 Å². The summed E-state index contributed by atoms with van der Waals surface area (Å²) >= 11 is 3.44. The molecule has 0 bridgehead atoms. The van der Waals surface area contributed by atoms with E-state index in [1.165, 1.54) is 5.56 Å². The molecule has 2 N–H and O–H groups in total. The Morgan fingerprint density at radius 2 is 2.24 bits per heavy atom. The van der Waals surface area contributed by atoms with Crippen LogP contribution in [0.15, 0.2) is 34.9 Å². The molecule has 4 nitrogen and oxygen atoms in total. The first kappa shape index (κ1) is 14.2.